The van der Waals surface area contributed by atoms with Gasteiger partial charge in [-0.15, -0.1) is 5.06 Å². The highest BCUT2D eigenvalue weighted by atomic mass is 16.7. The van der Waals surface area contributed by atoms with Gasteiger partial charge in [0.25, 0.3) is 0 Å². The largest absolute Gasteiger partial charge is 0.434 e. The Balaban J connectivity index is 1.92. The highest BCUT2D eigenvalue weighted by molar-refractivity contribution is 5.75. The van der Waals surface area contributed by atoms with Crippen molar-refractivity contribution >= 4 is 12.1 Å². The van der Waals surface area contributed by atoms with E-state index in [1.54, 1.807) is 23.4 Å². The van der Waals surface area contributed by atoms with Crippen molar-refractivity contribution in [3.63, 3.8) is 0 Å². The van der Waals surface area contributed by atoms with Crippen LogP contribution in [0.25, 0.3) is 0 Å². The van der Waals surface area contributed by atoms with Gasteiger partial charge in [-0.05, 0) is 12.2 Å². The lowest BCUT2D eigenvalue weighted by atomic mass is 10.4. The van der Waals surface area contributed by atoms with Crippen molar-refractivity contribution in [3.8, 4) is 0 Å². The molecule has 0 atom stereocenters. The summed E-state index contributed by atoms with van der Waals surface area (Å²) in [5.74, 6) is 0. The van der Waals surface area contributed by atoms with Crippen LogP contribution in [0.5, 0.6) is 0 Å². The molecule has 0 aromatic carbocycles. The van der Waals surface area contributed by atoms with Crippen molar-refractivity contribution in [1.29, 1.82) is 0 Å². The molecule has 0 unspecified atom stereocenters. The number of hydroxylamine groups is 2. The zero-order valence-electron chi connectivity index (χ0n) is 10.5. The van der Waals surface area contributed by atoms with Gasteiger partial charge in [-0.1, -0.05) is 0 Å². The summed E-state index contributed by atoms with van der Waals surface area (Å²) < 4.78 is 0. The molecule has 104 valence electrons. The van der Waals surface area contributed by atoms with Crippen LogP contribution >= 0.6 is 0 Å². The van der Waals surface area contributed by atoms with E-state index in [9.17, 15) is 9.59 Å². The molecule has 2 aliphatic heterocycles. The first-order valence-corrected chi connectivity index (χ1v) is 6.02. The molecule has 8 heteroatoms. The van der Waals surface area contributed by atoms with Crippen LogP contribution in [0.1, 0.15) is 0 Å². The van der Waals surface area contributed by atoms with Gasteiger partial charge in [0.05, 0.1) is 0 Å². The van der Waals surface area contributed by atoms with Crippen molar-refractivity contribution in [3.05, 3.63) is 24.6 Å². The topological polar surface area (TPSA) is 91.1 Å². The number of hydrogen-bond acceptors (Lipinski definition) is 5. The number of urea groups is 1. The number of allylic oxidation sites excluding steroid dienone is 2. The third-order valence-corrected chi connectivity index (χ3v) is 2.75. The predicted molar refractivity (Wildman–Crippen MR) is 67.3 cm³/mol. The van der Waals surface area contributed by atoms with Crippen LogP contribution in [0, 0.1) is 0 Å². The molecule has 2 rings (SSSR count). The maximum absolute atomic E-state index is 12.0. The minimum absolute atomic E-state index is 0.0350. The summed E-state index contributed by atoms with van der Waals surface area (Å²) >= 11 is 0. The predicted octanol–water partition coefficient (Wildman–Crippen LogP) is -0.376. The van der Waals surface area contributed by atoms with Gasteiger partial charge in [0.2, 0.25) is 0 Å². The Morgan fingerprint density at radius 2 is 1.74 bits per heavy atom. The van der Waals surface area contributed by atoms with Gasteiger partial charge in [0, 0.05) is 38.6 Å². The Morgan fingerprint density at radius 1 is 1.11 bits per heavy atom. The van der Waals surface area contributed by atoms with Crippen LogP contribution in [0.3, 0.4) is 0 Å². The third kappa shape index (κ3) is 3.70. The Bertz CT molecular complexity index is 403. The Morgan fingerprint density at radius 3 is 2.37 bits per heavy atom. The van der Waals surface area contributed by atoms with E-state index < -0.39 is 12.1 Å². The molecular formula is C11H17N5O3. The molecule has 1 fully saturated rings. The number of rotatable bonds is 1. The lowest BCUT2D eigenvalue weighted by molar-refractivity contribution is -0.116. The van der Waals surface area contributed by atoms with Crippen LogP contribution in [-0.4, -0.2) is 59.8 Å². The Hall–Kier alpha value is -2.06. The van der Waals surface area contributed by atoms with Crippen molar-refractivity contribution in [2.45, 2.75) is 0 Å². The van der Waals surface area contributed by atoms with Crippen LogP contribution in [-0.2, 0) is 4.84 Å². The quantitative estimate of drug-likeness (QED) is 0.676. The van der Waals surface area contributed by atoms with E-state index in [-0.39, 0.29) is 6.67 Å². The van der Waals surface area contributed by atoms with Crippen LogP contribution in [0.2, 0.25) is 0 Å². The number of primary amides is 1. The fraction of sp³-hybridized carbons (Fsp3) is 0.455. The number of amides is 3. The van der Waals surface area contributed by atoms with E-state index >= 15 is 0 Å². The van der Waals surface area contributed by atoms with E-state index in [0.717, 1.165) is 13.1 Å². The van der Waals surface area contributed by atoms with E-state index in [2.05, 4.69) is 5.32 Å². The van der Waals surface area contributed by atoms with Crippen molar-refractivity contribution in [2.75, 3.05) is 32.8 Å². The van der Waals surface area contributed by atoms with E-state index in [0.29, 0.717) is 13.1 Å². The first kappa shape index (κ1) is 13.4. The zero-order valence-corrected chi connectivity index (χ0v) is 10.5. The molecule has 3 amide bonds. The monoisotopic (exact) mass is 267 g/mol. The third-order valence-electron chi connectivity index (χ3n) is 2.75. The molecule has 0 bridgehead atoms. The number of nitrogens with zero attached hydrogens (tertiary/aromatic N) is 3. The van der Waals surface area contributed by atoms with Crippen LogP contribution in [0.15, 0.2) is 24.6 Å². The average Bonchev–Trinajstić information content (AvgIpc) is 2.65. The maximum Gasteiger partial charge on any atom is 0.434 e. The minimum atomic E-state index is -0.625. The Kier molecular flexibility index (Phi) is 4.37. The number of nitrogens with two attached hydrogens (primary N) is 1. The van der Waals surface area contributed by atoms with E-state index in [1.165, 1.54) is 16.0 Å². The smallest absolute Gasteiger partial charge is 0.351 e. The minimum Gasteiger partial charge on any atom is -0.351 e. The molecule has 0 spiro atoms. The van der Waals surface area contributed by atoms with Crippen LogP contribution < -0.4 is 11.1 Å². The molecule has 19 heavy (non-hydrogen) atoms. The summed E-state index contributed by atoms with van der Waals surface area (Å²) in [6.45, 7) is 2.87. The molecule has 1 saturated heterocycles. The van der Waals surface area contributed by atoms with Crippen molar-refractivity contribution < 1.29 is 14.4 Å². The summed E-state index contributed by atoms with van der Waals surface area (Å²) in [6.07, 6.45) is 5.79. The van der Waals surface area contributed by atoms with Gasteiger partial charge < -0.3 is 15.9 Å². The highest BCUT2D eigenvalue weighted by Crippen LogP contribution is 2.06. The molecule has 0 aliphatic carbocycles. The summed E-state index contributed by atoms with van der Waals surface area (Å²) in [5, 5.41) is 4.76. The fourth-order valence-corrected chi connectivity index (χ4v) is 1.73. The van der Waals surface area contributed by atoms with Gasteiger partial charge >= 0.3 is 12.1 Å². The molecule has 0 saturated carbocycles. The van der Waals surface area contributed by atoms with Gasteiger partial charge in [0.15, 0.2) is 0 Å². The average molecular weight is 267 g/mol. The first-order chi connectivity index (χ1) is 9.16. The number of nitrogens with one attached hydrogen (secondary N) is 1. The van der Waals surface area contributed by atoms with Gasteiger partial charge in [-0.3, -0.25) is 9.80 Å². The molecular weight excluding hydrogens is 250 g/mol. The molecule has 2 aliphatic rings. The summed E-state index contributed by atoms with van der Waals surface area (Å²) in [7, 11) is 0. The normalized spacial score (nSPS) is 20.2. The standard InChI is InChI=1S/C11H17N5O3/c12-10(17)14-5-1-2-6-15(9-14)11(18)19-16-7-3-13-4-8-16/h1-2,5-6,13H,3-4,7-9H2,(H2,12,17). The van der Waals surface area contributed by atoms with Crippen molar-refractivity contribution in [1.82, 2.24) is 20.2 Å². The highest BCUT2D eigenvalue weighted by Gasteiger charge is 2.22. The van der Waals surface area contributed by atoms with E-state index in [4.69, 9.17) is 10.6 Å². The molecule has 8 nitrogen and oxygen atoms in total. The number of carbonyl (C=O) groups is 2. The molecule has 0 aromatic rings. The molecule has 0 aromatic heterocycles. The Labute approximate surface area is 111 Å². The molecule has 0 radical (unpaired) electrons. The van der Waals surface area contributed by atoms with Gasteiger partial charge in [-0.2, -0.15) is 0 Å². The number of hydrogen-bond donors (Lipinski definition) is 2. The lowest BCUT2D eigenvalue weighted by Gasteiger charge is -2.29. The SMILES string of the molecule is NC(=O)N1C=CC=CN(C(=O)ON2CCNCC2)C1. The number of carbonyl (C=O) groups excluding carboxylic acids is 2. The van der Waals surface area contributed by atoms with Gasteiger partial charge in [-0.25, -0.2) is 9.59 Å². The second kappa shape index (κ2) is 6.21. The van der Waals surface area contributed by atoms with Crippen LogP contribution in [0.4, 0.5) is 9.59 Å². The summed E-state index contributed by atoms with van der Waals surface area (Å²) in [6, 6.07) is -0.625. The van der Waals surface area contributed by atoms with E-state index in [1.807, 2.05) is 0 Å². The zero-order chi connectivity index (χ0) is 13.7. The first-order valence-electron chi connectivity index (χ1n) is 6.02. The molecule has 3 N–H and O–H groups in total. The summed E-state index contributed by atoms with van der Waals surface area (Å²) in [4.78, 5) is 30.9. The fourth-order valence-electron chi connectivity index (χ4n) is 1.73. The number of piperazine rings is 1. The molecule has 2 heterocycles. The second-order valence-electron chi connectivity index (χ2n) is 4.14. The van der Waals surface area contributed by atoms with Gasteiger partial charge in [0.1, 0.15) is 6.67 Å². The van der Waals surface area contributed by atoms with Crippen molar-refractivity contribution in [2.24, 2.45) is 5.73 Å². The summed E-state index contributed by atoms with van der Waals surface area (Å²) in [5.41, 5.74) is 5.19. The lowest BCUT2D eigenvalue weighted by Crippen LogP contribution is -2.47. The maximum atomic E-state index is 12.0. The second-order valence-corrected chi connectivity index (χ2v) is 4.14.